The van der Waals surface area contributed by atoms with Crippen LogP contribution in [0, 0.1) is 5.92 Å². The maximum Gasteiger partial charge on any atom is 0.180 e. The molecule has 84 valence electrons. The second-order valence-electron chi connectivity index (χ2n) is 4.08. The van der Waals surface area contributed by atoms with Crippen LogP contribution in [0.25, 0.3) is 0 Å². The van der Waals surface area contributed by atoms with Crippen LogP contribution < -0.4 is 5.73 Å². The van der Waals surface area contributed by atoms with E-state index in [1.54, 1.807) is 11.3 Å². The third-order valence-electron chi connectivity index (χ3n) is 2.47. The minimum absolute atomic E-state index is 0.609. The van der Waals surface area contributed by atoms with Crippen LogP contribution in [0.3, 0.4) is 0 Å². The highest BCUT2D eigenvalue weighted by atomic mass is 32.1. The Balaban J connectivity index is 1.92. The maximum atomic E-state index is 5.61. The van der Waals surface area contributed by atoms with Gasteiger partial charge in [0.25, 0.3) is 0 Å². The topological polar surface area (TPSA) is 51.4 Å². The molecule has 2 N–H and O–H groups in total. The summed E-state index contributed by atoms with van der Waals surface area (Å²) in [6.07, 6.45) is 1.87. The fourth-order valence-electron chi connectivity index (χ4n) is 1.82. The molecule has 1 aliphatic heterocycles. The molecule has 5 heteroatoms. The molecule has 1 aromatic heterocycles. The summed E-state index contributed by atoms with van der Waals surface area (Å²) in [6.45, 7) is 6.97. The number of ether oxygens (including phenoxy) is 1. The lowest BCUT2D eigenvalue weighted by molar-refractivity contribution is 0.126. The van der Waals surface area contributed by atoms with Gasteiger partial charge in [-0.1, -0.05) is 6.92 Å². The van der Waals surface area contributed by atoms with E-state index < -0.39 is 0 Å². The predicted octanol–water partition coefficient (Wildman–Crippen LogP) is 1.19. The Hall–Kier alpha value is -0.650. The largest absolute Gasteiger partial charge is 0.380 e. The number of hydrogen-bond acceptors (Lipinski definition) is 5. The van der Waals surface area contributed by atoms with Gasteiger partial charge >= 0.3 is 0 Å². The quantitative estimate of drug-likeness (QED) is 0.824. The van der Waals surface area contributed by atoms with Crippen LogP contribution in [0.4, 0.5) is 5.13 Å². The summed E-state index contributed by atoms with van der Waals surface area (Å²) in [5.41, 5.74) is 5.61. The van der Waals surface area contributed by atoms with Crippen molar-refractivity contribution in [1.82, 2.24) is 9.88 Å². The van der Waals surface area contributed by atoms with Crippen molar-refractivity contribution in [1.29, 1.82) is 0 Å². The zero-order valence-corrected chi connectivity index (χ0v) is 9.80. The zero-order chi connectivity index (χ0) is 10.7. The third-order valence-corrected chi connectivity index (χ3v) is 3.29. The molecule has 1 fully saturated rings. The molecule has 0 radical (unpaired) electrons. The van der Waals surface area contributed by atoms with Gasteiger partial charge in [-0.05, 0) is 5.92 Å². The summed E-state index contributed by atoms with van der Waals surface area (Å²) in [7, 11) is 0. The third kappa shape index (κ3) is 3.15. The van der Waals surface area contributed by atoms with Crippen molar-refractivity contribution in [2.75, 3.05) is 32.0 Å². The highest BCUT2D eigenvalue weighted by molar-refractivity contribution is 7.15. The first-order chi connectivity index (χ1) is 7.24. The Morgan fingerprint density at radius 3 is 3.33 bits per heavy atom. The average molecular weight is 227 g/mol. The number of hydrogen-bond donors (Lipinski definition) is 1. The van der Waals surface area contributed by atoms with E-state index in [2.05, 4.69) is 16.8 Å². The van der Waals surface area contributed by atoms with E-state index in [9.17, 15) is 0 Å². The molecule has 1 atom stereocenters. The van der Waals surface area contributed by atoms with E-state index in [0.717, 1.165) is 32.8 Å². The number of nitrogen functional groups attached to an aromatic ring is 1. The number of aromatic nitrogens is 1. The van der Waals surface area contributed by atoms with Gasteiger partial charge in [0.05, 0.1) is 13.2 Å². The molecule has 2 rings (SSSR count). The van der Waals surface area contributed by atoms with Crippen LogP contribution >= 0.6 is 11.3 Å². The Bertz CT molecular complexity index is 315. The Labute approximate surface area is 94.1 Å². The number of thiazole rings is 1. The molecule has 0 aliphatic carbocycles. The van der Waals surface area contributed by atoms with Crippen LogP contribution in [0.1, 0.15) is 11.8 Å². The molecule has 0 aromatic carbocycles. The molecule has 0 bridgehead atoms. The summed E-state index contributed by atoms with van der Waals surface area (Å²) in [5, 5.41) is 0.657. The van der Waals surface area contributed by atoms with Crippen molar-refractivity contribution >= 4 is 16.5 Å². The van der Waals surface area contributed by atoms with E-state index in [0.29, 0.717) is 11.0 Å². The van der Waals surface area contributed by atoms with Gasteiger partial charge in [-0.15, -0.1) is 11.3 Å². The number of nitrogens with two attached hydrogens (primary N) is 1. The molecular formula is C10H17N3OS. The standard InChI is InChI=1S/C10H17N3OS/c1-8-5-13(2-3-14-7-8)6-9-4-12-10(11)15-9/h4,8H,2-3,5-7H2,1H3,(H2,11,12). The van der Waals surface area contributed by atoms with Crippen LogP contribution in [-0.4, -0.2) is 36.2 Å². The first-order valence-electron chi connectivity index (χ1n) is 5.24. The Morgan fingerprint density at radius 2 is 2.60 bits per heavy atom. The van der Waals surface area contributed by atoms with Crippen LogP contribution in [0.15, 0.2) is 6.20 Å². The Kier molecular flexibility index (Phi) is 3.56. The molecule has 1 saturated heterocycles. The summed E-state index contributed by atoms with van der Waals surface area (Å²) in [6, 6.07) is 0. The second kappa shape index (κ2) is 4.92. The monoisotopic (exact) mass is 227 g/mol. The van der Waals surface area contributed by atoms with E-state index in [-0.39, 0.29) is 0 Å². The molecule has 15 heavy (non-hydrogen) atoms. The minimum atomic E-state index is 0.609. The Morgan fingerprint density at radius 1 is 1.73 bits per heavy atom. The van der Waals surface area contributed by atoms with E-state index in [4.69, 9.17) is 10.5 Å². The van der Waals surface area contributed by atoms with Crippen molar-refractivity contribution in [2.45, 2.75) is 13.5 Å². The van der Waals surface area contributed by atoms with Gasteiger partial charge in [0.15, 0.2) is 5.13 Å². The van der Waals surface area contributed by atoms with Gasteiger partial charge in [0.2, 0.25) is 0 Å². The molecular weight excluding hydrogens is 210 g/mol. The molecule has 0 amide bonds. The molecule has 1 unspecified atom stereocenters. The van der Waals surface area contributed by atoms with Crippen LogP contribution in [-0.2, 0) is 11.3 Å². The molecule has 0 saturated carbocycles. The smallest absolute Gasteiger partial charge is 0.180 e. The first-order valence-corrected chi connectivity index (χ1v) is 6.06. The van der Waals surface area contributed by atoms with Crippen molar-refractivity contribution in [2.24, 2.45) is 5.92 Å². The lowest BCUT2D eigenvalue weighted by atomic mass is 10.2. The van der Waals surface area contributed by atoms with Gasteiger partial charge in [0, 0.05) is 30.7 Å². The summed E-state index contributed by atoms with van der Waals surface area (Å²) in [5.74, 6) is 0.609. The molecule has 0 spiro atoms. The molecule has 2 heterocycles. The van der Waals surface area contributed by atoms with Crippen molar-refractivity contribution in [3.8, 4) is 0 Å². The lowest BCUT2D eigenvalue weighted by Crippen LogP contribution is -2.28. The SMILES string of the molecule is CC1COCCN(Cc2cnc(N)s2)C1. The number of rotatable bonds is 2. The average Bonchev–Trinajstić information content (AvgIpc) is 2.46. The normalized spacial score (nSPS) is 23.9. The second-order valence-corrected chi connectivity index (χ2v) is 5.23. The van der Waals surface area contributed by atoms with Gasteiger partial charge < -0.3 is 10.5 Å². The minimum Gasteiger partial charge on any atom is -0.380 e. The molecule has 1 aliphatic rings. The van der Waals surface area contributed by atoms with Crippen LogP contribution in [0.2, 0.25) is 0 Å². The van der Waals surface area contributed by atoms with Gasteiger partial charge in [0.1, 0.15) is 0 Å². The number of nitrogens with zero attached hydrogens (tertiary/aromatic N) is 2. The highest BCUT2D eigenvalue weighted by Crippen LogP contribution is 2.18. The van der Waals surface area contributed by atoms with E-state index in [1.807, 2.05) is 6.20 Å². The fourth-order valence-corrected chi connectivity index (χ4v) is 2.55. The molecule has 4 nitrogen and oxygen atoms in total. The molecule has 1 aromatic rings. The predicted molar refractivity (Wildman–Crippen MR) is 61.8 cm³/mol. The highest BCUT2D eigenvalue weighted by Gasteiger charge is 2.15. The van der Waals surface area contributed by atoms with Gasteiger partial charge in [-0.2, -0.15) is 0 Å². The zero-order valence-electron chi connectivity index (χ0n) is 8.98. The van der Waals surface area contributed by atoms with Crippen LogP contribution in [0.5, 0.6) is 0 Å². The van der Waals surface area contributed by atoms with Crippen molar-refractivity contribution in [3.63, 3.8) is 0 Å². The van der Waals surface area contributed by atoms with Gasteiger partial charge in [-0.3, -0.25) is 4.90 Å². The van der Waals surface area contributed by atoms with E-state index in [1.165, 1.54) is 4.88 Å². The lowest BCUT2D eigenvalue weighted by Gasteiger charge is -2.20. The summed E-state index contributed by atoms with van der Waals surface area (Å²) in [4.78, 5) is 7.71. The van der Waals surface area contributed by atoms with E-state index >= 15 is 0 Å². The van der Waals surface area contributed by atoms with Crippen molar-refractivity contribution < 1.29 is 4.74 Å². The maximum absolute atomic E-state index is 5.61. The van der Waals surface area contributed by atoms with Crippen molar-refractivity contribution in [3.05, 3.63) is 11.1 Å². The summed E-state index contributed by atoms with van der Waals surface area (Å²) >= 11 is 1.57. The van der Waals surface area contributed by atoms with Gasteiger partial charge in [-0.25, -0.2) is 4.98 Å². The number of anilines is 1. The first kappa shape index (κ1) is 10.9. The fraction of sp³-hybridized carbons (Fsp3) is 0.700. The summed E-state index contributed by atoms with van der Waals surface area (Å²) < 4.78 is 5.50.